The smallest absolute Gasteiger partial charge is 0.251 e. The molecule has 0 aromatic rings. The molecular formula is C14H22F2O3. The fraction of sp³-hybridized carbons (Fsp3) is 1.00. The van der Waals surface area contributed by atoms with Gasteiger partial charge in [0, 0.05) is 31.5 Å². The van der Waals surface area contributed by atoms with Crippen LogP contribution in [0.5, 0.6) is 0 Å². The van der Waals surface area contributed by atoms with Gasteiger partial charge in [-0.2, -0.15) is 0 Å². The van der Waals surface area contributed by atoms with Crippen LogP contribution in [0.15, 0.2) is 0 Å². The molecule has 0 spiro atoms. The molecule has 0 aromatic carbocycles. The molecule has 110 valence electrons. The fourth-order valence-electron chi connectivity index (χ4n) is 4.10. The Morgan fingerprint density at radius 1 is 1.26 bits per heavy atom. The minimum absolute atomic E-state index is 0.000686. The lowest BCUT2D eigenvalue weighted by Gasteiger charge is -2.31. The van der Waals surface area contributed by atoms with Crippen molar-refractivity contribution in [1.29, 1.82) is 0 Å². The van der Waals surface area contributed by atoms with Crippen LogP contribution in [-0.4, -0.2) is 36.6 Å². The molecule has 1 saturated heterocycles. The number of rotatable bonds is 3. The topological polar surface area (TPSA) is 38.7 Å². The molecule has 0 aromatic heterocycles. The van der Waals surface area contributed by atoms with E-state index in [1.54, 1.807) is 0 Å². The Bertz CT molecular complexity index is 318. The van der Waals surface area contributed by atoms with Crippen molar-refractivity contribution in [3.8, 4) is 0 Å². The maximum Gasteiger partial charge on any atom is 0.251 e. The van der Waals surface area contributed by atoms with E-state index in [0.29, 0.717) is 19.4 Å². The first-order chi connectivity index (χ1) is 9.12. The molecule has 3 aliphatic rings. The summed E-state index contributed by atoms with van der Waals surface area (Å²) in [6, 6.07) is 0. The number of alkyl halides is 2. The van der Waals surface area contributed by atoms with E-state index in [0.717, 1.165) is 19.3 Å². The molecule has 2 saturated carbocycles. The predicted octanol–water partition coefficient (Wildman–Crippen LogP) is 2.57. The molecule has 3 fully saturated rings. The van der Waals surface area contributed by atoms with Gasteiger partial charge in [-0.15, -0.1) is 0 Å². The summed E-state index contributed by atoms with van der Waals surface area (Å²) in [5, 5.41) is 9.49. The highest BCUT2D eigenvalue weighted by Gasteiger charge is 2.59. The molecule has 2 aliphatic carbocycles. The van der Waals surface area contributed by atoms with Gasteiger partial charge in [0.25, 0.3) is 5.92 Å². The summed E-state index contributed by atoms with van der Waals surface area (Å²) in [5.41, 5.74) is 0. The van der Waals surface area contributed by atoms with Gasteiger partial charge in [0.15, 0.2) is 6.29 Å². The van der Waals surface area contributed by atoms with Crippen molar-refractivity contribution < 1.29 is 23.4 Å². The number of ether oxygens (including phenoxy) is 2. The lowest BCUT2D eigenvalue weighted by Crippen LogP contribution is -2.37. The van der Waals surface area contributed by atoms with E-state index in [9.17, 15) is 13.9 Å². The molecule has 0 bridgehead atoms. The Labute approximate surface area is 112 Å². The lowest BCUT2D eigenvalue weighted by atomic mass is 9.89. The minimum Gasteiger partial charge on any atom is -0.396 e. The van der Waals surface area contributed by atoms with Crippen molar-refractivity contribution in [2.45, 2.75) is 56.8 Å². The summed E-state index contributed by atoms with van der Waals surface area (Å²) in [6.07, 6.45) is 3.56. The van der Waals surface area contributed by atoms with Gasteiger partial charge in [0.05, 0.1) is 6.10 Å². The zero-order valence-electron chi connectivity index (χ0n) is 11.1. The fourth-order valence-corrected chi connectivity index (χ4v) is 4.10. The normalized spacial score (nSPS) is 45.3. The van der Waals surface area contributed by atoms with Crippen LogP contribution in [0.3, 0.4) is 0 Å². The molecule has 5 heteroatoms. The van der Waals surface area contributed by atoms with Crippen LogP contribution in [-0.2, 0) is 9.47 Å². The Hall–Kier alpha value is -0.260. The van der Waals surface area contributed by atoms with Gasteiger partial charge in [-0.1, -0.05) is 0 Å². The summed E-state index contributed by atoms with van der Waals surface area (Å²) in [7, 11) is 0. The van der Waals surface area contributed by atoms with Crippen LogP contribution in [0, 0.1) is 17.8 Å². The second kappa shape index (κ2) is 5.26. The molecule has 1 heterocycles. The molecule has 0 radical (unpaired) electrons. The average molecular weight is 276 g/mol. The van der Waals surface area contributed by atoms with Gasteiger partial charge in [-0.3, -0.25) is 0 Å². The SMILES string of the molecule is OCC1C(OC2CCCCO2)CC2CCC(F)(F)C21. The highest BCUT2D eigenvalue weighted by atomic mass is 19.3. The molecule has 5 unspecified atom stereocenters. The van der Waals surface area contributed by atoms with Gasteiger partial charge in [0.2, 0.25) is 0 Å². The third-order valence-electron chi connectivity index (χ3n) is 4.99. The van der Waals surface area contributed by atoms with E-state index in [4.69, 9.17) is 9.47 Å². The van der Waals surface area contributed by atoms with Crippen molar-refractivity contribution in [3.05, 3.63) is 0 Å². The maximum absolute atomic E-state index is 13.9. The van der Waals surface area contributed by atoms with Crippen molar-refractivity contribution in [3.63, 3.8) is 0 Å². The van der Waals surface area contributed by atoms with Crippen molar-refractivity contribution in [2.75, 3.05) is 13.2 Å². The summed E-state index contributed by atoms with van der Waals surface area (Å²) in [5.74, 6) is -3.77. The van der Waals surface area contributed by atoms with Gasteiger partial charge >= 0.3 is 0 Å². The molecule has 5 atom stereocenters. The molecular weight excluding hydrogens is 254 g/mol. The first kappa shape index (κ1) is 13.7. The van der Waals surface area contributed by atoms with Crippen molar-refractivity contribution in [1.82, 2.24) is 0 Å². The lowest BCUT2D eigenvalue weighted by molar-refractivity contribution is -0.203. The van der Waals surface area contributed by atoms with E-state index >= 15 is 0 Å². The van der Waals surface area contributed by atoms with E-state index in [1.165, 1.54) is 0 Å². The number of hydrogen-bond acceptors (Lipinski definition) is 3. The molecule has 3 nitrogen and oxygen atoms in total. The second-order valence-electron chi connectivity index (χ2n) is 6.14. The predicted molar refractivity (Wildman–Crippen MR) is 64.8 cm³/mol. The largest absolute Gasteiger partial charge is 0.396 e. The summed E-state index contributed by atoms with van der Waals surface area (Å²) in [4.78, 5) is 0. The second-order valence-corrected chi connectivity index (χ2v) is 6.14. The van der Waals surface area contributed by atoms with Gasteiger partial charge in [-0.05, 0) is 38.0 Å². The van der Waals surface area contributed by atoms with Crippen LogP contribution in [0.25, 0.3) is 0 Å². The highest BCUT2D eigenvalue weighted by Crippen LogP contribution is 2.56. The summed E-state index contributed by atoms with van der Waals surface area (Å²) in [6.45, 7) is 0.471. The quantitative estimate of drug-likeness (QED) is 0.861. The summed E-state index contributed by atoms with van der Waals surface area (Å²) >= 11 is 0. The van der Waals surface area contributed by atoms with Gasteiger partial charge in [0.1, 0.15) is 0 Å². The van der Waals surface area contributed by atoms with Gasteiger partial charge < -0.3 is 14.6 Å². The zero-order chi connectivity index (χ0) is 13.5. The van der Waals surface area contributed by atoms with Crippen LogP contribution in [0.4, 0.5) is 8.78 Å². The third kappa shape index (κ3) is 2.52. The number of aliphatic hydroxyl groups is 1. The van der Waals surface area contributed by atoms with Gasteiger partial charge in [-0.25, -0.2) is 8.78 Å². The van der Waals surface area contributed by atoms with Crippen molar-refractivity contribution >= 4 is 0 Å². The van der Waals surface area contributed by atoms with E-state index < -0.39 is 17.8 Å². The first-order valence-corrected chi connectivity index (χ1v) is 7.37. The number of aliphatic hydroxyl groups excluding tert-OH is 1. The Kier molecular flexibility index (Phi) is 3.80. The van der Waals surface area contributed by atoms with Crippen LogP contribution < -0.4 is 0 Å². The average Bonchev–Trinajstić information content (AvgIpc) is 2.89. The standard InChI is InChI=1S/C14H22F2O3/c15-14(16)5-4-9-7-11(10(8-17)13(9)14)19-12-3-1-2-6-18-12/h9-13,17H,1-8H2. The highest BCUT2D eigenvalue weighted by molar-refractivity contribution is 5.02. The zero-order valence-corrected chi connectivity index (χ0v) is 11.1. The van der Waals surface area contributed by atoms with Crippen LogP contribution in [0.2, 0.25) is 0 Å². The maximum atomic E-state index is 13.9. The number of hydrogen-bond donors (Lipinski definition) is 1. The molecule has 0 amide bonds. The molecule has 19 heavy (non-hydrogen) atoms. The first-order valence-electron chi connectivity index (χ1n) is 7.37. The Morgan fingerprint density at radius 3 is 2.79 bits per heavy atom. The Balaban J connectivity index is 1.66. The van der Waals surface area contributed by atoms with Crippen LogP contribution >= 0.6 is 0 Å². The number of fused-ring (bicyclic) bond motifs is 1. The van der Waals surface area contributed by atoms with E-state index in [1.807, 2.05) is 0 Å². The monoisotopic (exact) mass is 276 g/mol. The molecule has 3 rings (SSSR count). The van der Waals surface area contributed by atoms with E-state index in [2.05, 4.69) is 0 Å². The minimum atomic E-state index is -2.64. The Morgan fingerprint density at radius 2 is 2.11 bits per heavy atom. The number of halogens is 2. The van der Waals surface area contributed by atoms with E-state index in [-0.39, 0.29) is 31.3 Å². The molecule has 1 N–H and O–H groups in total. The molecule has 1 aliphatic heterocycles. The summed E-state index contributed by atoms with van der Waals surface area (Å²) < 4.78 is 39.2. The third-order valence-corrected chi connectivity index (χ3v) is 4.99. The van der Waals surface area contributed by atoms with Crippen molar-refractivity contribution in [2.24, 2.45) is 17.8 Å². The van der Waals surface area contributed by atoms with Crippen LogP contribution in [0.1, 0.15) is 38.5 Å².